The summed E-state index contributed by atoms with van der Waals surface area (Å²) in [5.41, 5.74) is 0.503. The van der Waals surface area contributed by atoms with Crippen LogP contribution in [-0.4, -0.2) is 38.8 Å². The highest BCUT2D eigenvalue weighted by atomic mass is 32.2. The molecule has 2 aliphatic rings. The number of piperidine rings is 1. The predicted octanol–water partition coefficient (Wildman–Crippen LogP) is 2.93. The monoisotopic (exact) mass is 395 g/mol. The van der Waals surface area contributed by atoms with Gasteiger partial charge < -0.3 is 10.1 Å². The first-order valence-electron chi connectivity index (χ1n) is 9.35. The molecule has 2 atom stereocenters. The molecule has 148 valence electrons. The number of sulfone groups is 1. The van der Waals surface area contributed by atoms with Gasteiger partial charge in [-0.15, -0.1) is 6.58 Å². The summed E-state index contributed by atoms with van der Waals surface area (Å²) in [4.78, 5) is 11.0. The standard InChI is InChI=1S/C20H26FNO4S/c1-2-19(16-5-7-17(21)8-6-16)27(24,25)20(9-11-22-12-10-20)13-18(26-14-23)15-3-4-15/h2,5-8,14-15,18-19,22H,1,3-4,9-13H2. The van der Waals surface area contributed by atoms with Gasteiger partial charge in [0.1, 0.15) is 17.2 Å². The van der Waals surface area contributed by atoms with E-state index in [1.165, 1.54) is 30.3 Å². The first kappa shape index (κ1) is 20.0. The zero-order chi connectivity index (χ0) is 19.5. The molecule has 1 saturated carbocycles. The van der Waals surface area contributed by atoms with Crippen LogP contribution in [0.2, 0.25) is 0 Å². The van der Waals surface area contributed by atoms with Crippen LogP contribution < -0.4 is 5.32 Å². The molecular formula is C20H26FNO4S. The number of hydrogen-bond acceptors (Lipinski definition) is 5. The fourth-order valence-corrected chi connectivity index (χ4v) is 6.56. The van der Waals surface area contributed by atoms with Gasteiger partial charge in [-0.2, -0.15) is 0 Å². The Bertz CT molecular complexity index is 768. The maximum atomic E-state index is 13.8. The SMILES string of the molecule is C=CC(c1ccc(F)cc1)S(=O)(=O)C1(CC(OC=O)C2CC2)CCNCC1. The number of rotatable bonds is 9. The van der Waals surface area contributed by atoms with Crippen LogP contribution in [-0.2, 0) is 19.4 Å². The topological polar surface area (TPSA) is 72.5 Å². The molecule has 1 heterocycles. The Balaban J connectivity index is 1.97. The van der Waals surface area contributed by atoms with Crippen LogP contribution in [0.4, 0.5) is 4.39 Å². The summed E-state index contributed by atoms with van der Waals surface area (Å²) in [6, 6.07) is 5.51. The molecule has 0 radical (unpaired) electrons. The summed E-state index contributed by atoms with van der Waals surface area (Å²) < 4.78 is 45.1. The molecule has 3 rings (SSSR count). The second-order valence-electron chi connectivity index (χ2n) is 7.50. The van der Waals surface area contributed by atoms with Crippen LogP contribution in [0.3, 0.4) is 0 Å². The second-order valence-corrected chi connectivity index (χ2v) is 9.96. The molecule has 0 amide bonds. The highest BCUT2D eigenvalue weighted by molar-refractivity contribution is 7.93. The van der Waals surface area contributed by atoms with E-state index >= 15 is 0 Å². The molecule has 1 aromatic carbocycles. The van der Waals surface area contributed by atoms with Crippen molar-refractivity contribution in [3.8, 4) is 0 Å². The van der Waals surface area contributed by atoms with Crippen molar-refractivity contribution in [1.29, 1.82) is 0 Å². The Kier molecular flexibility index (Phi) is 6.01. The third kappa shape index (κ3) is 4.09. The van der Waals surface area contributed by atoms with Crippen LogP contribution in [0, 0.1) is 11.7 Å². The lowest BCUT2D eigenvalue weighted by Crippen LogP contribution is -2.51. The van der Waals surface area contributed by atoms with Gasteiger partial charge in [-0.05, 0) is 62.4 Å². The van der Waals surface area contributed by atoms with Gasteiger partial charge in [-0.25, -0.2) is 12.8 Å². The van der Waals surface area contributed by atoms with E-state index in [9.17, 15) is 17.6 Å². The van der Waals surface area contributed by atoms with E-state index in [2.05, 4.69) is 11.9 Å². The summed E-state index contributed by atoms with van der Waals surface area (Å²) in [6.07, 6.45) is 4.14. The normalized spacial score (nSPS) is 21.8. The lowest BCUT2D eigenvalue weighted by Gasteiger charge is -2.41. The van der Waals surface area contributed by atoms with Crippen molar-refractivity contribution in [2.75, 3.05) is 13.1 Å². The number of hydrogen-bond donors (Lipinski definition) is 1. The molecule has 1 saturated heterocycles. The second kappa shape index (κ2) is 8.10. The van der Waals surface area contributed by atoms with Gasteiger partial charge in [0.15, 0.2) is 9.84 Å². The highest BCUT2D eigenvalue weighted by Crippen LogP contribution is 2.46. The Morgan fingerprint density at radius 2 is 1.89 bits per heavy atom. The molecule has 2 fully saturated rings. The molecule has 1 aromatic rings. The summed E-state index contributed by atoms with van der Waals surface area (Å²) in [5, 5.41) is 2.29. The van der Waals surface area contributed by atoms with E-state index in [0.717, 1.165) is 12.8 Å². The Morgan fingerprint density at radius 3 is 2.41 bits per heavy atom. The minimum absolute atomic E-state index is 0.241. The number of ether oxygens (including phenoxy) is 1. The number of halogens is 1. The lowest BCUT2D eigenvalue weighted by atomic mass is 9.89. The summed E-state index contributed by atoms with van der Waals surface area (Å²) >= 11 is 0. The van der Waals surface area contributed by atoms with Crippen molar-refractivity contribution in [2.24, 2.45) is 5.92 Å². The summed E-state index contributed by atoms with van der Waals surface area (Å²) in [6.45, 7) is 5.34. The smallest absolute Gasteiger partial charge is 0.293 e. The molecule has 2 unspecified atom stereocenters. The van der Waals surface area contributed by atoms with Crippen LogP contribution in [0.25, 0.3) is 0 Å². The van der Waals surface area contributed by atoms with Crippen molar-refractivity contribution in [3.63, 3.8) is 0 Å². The summed E-state index contributed by atoms with van der Waals surface area (Å²) in [5.74, 6) is -0.172. The average Bonchev–Trinajstić information content (AvgIpc) is 3.49. The molecule has 5 nitrogen and oxygen atoms in total. The lowest BCUT2D eigenvalue weighted by molar-refractivity contribution is -0.135. The molecule has 7 heteroatoms. The third-order valence-electron chi connectivity index (χ3n) is 5.82. The molecule has 0 spiro atoms. The Hall–Kier alpha value is -1.73. The zero-order valence-electron chi connectivity index (χ0n) is 15.3. The zero-order valence-corrected chi connectivity index (χ0v) is 16.1. The van der Waals surface area contributed by atoms with E-state index in [1.807, 2.05) is 0 Å². The van der Waals surface area contributed by atoms with Crippen molar-refractivity contribution in [2.45, 2.75) is 48.2 Å². The van der Waals surface area contributed by atoms with Crippen LogP contribution in [0.5, 0.6) is 0 Å². The van der Waals surface area contributed by atoms with Gasteiger partial charge in [0, 0.05) is 6.42 Å². The number of carbonyl (C=O) groups is 1. The van der Waals surface area contributed by atoms with Gasteiger partial charge in [-0.3, -0.25) is 4.79 Å². The van der Waals surface area contributed by atoms with Gasteiger partial charge in [0.05, 0.1) is 4.75 Å². The average molecular weight is 395 g/mol. The molecular weight excluding hydrogens is 369 g/mol. The Morgan fingerprint density at radius 1 is 1.26 bits per heavy atom. The van der Waals surface area contributed by atoms with E-state index < -0.39 is 25.7 Å². The van der Waals surface area contributed by atoms with Crippen LogP contribution in [0.1, 0.15) is 42.9 Å². The van der Waals surface area contributed by atoms with Crippen molar-refractivity contribution < 1.29 is 22.3 Å². The number of benzene rings is 1. The van der Waals surface area contributed by atoms with Gasteiger partial charge in [0.25, 0.3) is 6.47 Å². The minimum Gasteiger partial charge on any atom is -0.464 e. The number of carbonyl (C=O) groups excluding carboxylic acids is 1. The van der Waals surface area contributed by atoms with Gasteiger partial charge >= 0.3 is 0 Å². The molecule has 27 heavy (non-hydrogen) atoms. The fourth-order valence-electron chi connectivity index (χ4n) is 4.08. The van der Waals surface area contributed by atoms with E-state index in [-0.39, 0.29) is 12.0 Å². The van der Waals surface area contributed by atoms with E-state index in [4.69, 9.17) is 4.74 Å². The first-order chi connectivity index (χ1) is 12.9. The van der Waals surface area contributed by atoms with Crippen molar-refractivity contribution in [1.82, 2.24) is 5.32 Å². The van der Waals surface area contributed by atoms with E-state index in [1.54, 1.807) is 0 Å². The third-order valence-corrected chi connectivity index (χ3v) is 8.73. The van der Waals surface area contributed by atoms with Crippen LogP contribution in [0.15, 0.2) is 36.9 Å². The molecule has 0 bridgehead atoms. The van der Waals surface area contributed by atoms with Crippen LogP contribution >= 0.6 is 0 Å². The molecule has 1 aliphatic heterocycles. The van der Waals surface area contributed by atoms with Crippen molar-refractivity contribution >= 4 is 16.3 Å². The van der Waals surface area contributed by atoms with Gasteiger partial charge in [-0.1, -0.05) is 18.2 Å². The molecule has 1 N–H and O–H groups in total. The largest absolute Gasteiger partial charge is 0.464 e. The Labute approximate surface area is 159 Å². The fraction of sp³-hybridized carbons (Fsp3) is 0.550. The number of nitrogens with one attached hydrogen (secondary N) is 1. The maximum Gasteiger partial charge on any atom is 0.293 e. The first-order valence-corrected chi connectivity index (χ1v) is 10.9. The van der Waals surface area contributed by atoms with Crippen molar-refractivity contribution in [3.05, 3.63) is 48.3 Å². The predicted molar refractivity (Wildman–Crippen MR) is 101 cm³/mol. The minimum atomic E-state index is -3.70. The summed E-state index contributed by atoms with van der Waals surface area (Å²) in [7, 11) is -3.70. The molecule has 1 aliphatic carbocycles. The van der Waals surface area contributed by atoms with Gasteiger partial charge in [0.2, 0.25) is 0 Å². The maximum absolute atomic E-state index is 13.8. The highest BCUT2D eigenvalue weighted by Gasteiger charge is 2.51. The molecule has 0 aromatic heterocycles. The quantitative estimate of drug-likeness (QED) is 0.514. The van der Waals surface area contributed by atoms with E-state index in [0.29, 0.717) is 44.4 Å².